The van der Waals surface area contributed by atoms with Gasteiger partial charge >= 0.3 is 0 Å². The Morgan fingerprint density at radius 2 is 1.96 bits per heavy atom. The first kappa shape index (κ1) is 18.0. The van der Waals surface area contributed by atoms with Crippen molar-refractivity contribution in [2.24, 2.45) is 0 Å². The van der Waals surface area contributed by atoms with Gasteiger partial charge in [0, 0.05) is 11.4 Å². The highest BCUT2D eigenvalue weighted by atomic mass is 32.2. The molecule has 0 atom stereocenters. The van der Waals surface area contributed by atoms with Gasteiger partial charge in [0.25, 0.3) is 5.95 Å². The number of carbonyl (C=O) groups is 1. The molecule has 8 nitrogen and oxygen atoms in total. The van der Waals surface area contributed by atoms with Gasteiger partial charge in [-0.15, -0.1) is 10.2 Å². The number of nitrogens with one attached hydrogen (secondary N) is 1. The molecule has 0 aliphatic heterocycles. The second-order valence-electron chi connectivity index (χ2n) is 6.15. The van der Waals surface area contributed by atoms with Crippen molar-refractivity contribution in [3.8, 4) is 5.95 Å². The Morgan fingerprint density at radius 1 is 1.19 bits per heavy atom. The van der Waals surface area contributed by atoms with Crippen molar-refractivity contribution in [3.63, 3.8) is 0 Å². The predicted octanol–water partition coefficient (Wildman–Crippen LogP) is 2.14. The van der Waals surface area contributed by atoms with Crippen molar-refractivity contribution in [2.45, 2.75) is 32.9 Å². The summed E-state index contributed by atoms with van der Waals surface area (Å²) in [4.78, 5) is 12.2. The van der Waals surface area contributed by atoms with Crippen LogP contribution in [0.4, 0.5) is 5.69 Å². The van der Waals surface area contributed by atoms with Crippen LogP contribution in [0.15, 0.2) is 29.4 Å². The minimum atomic E-state index is -0.126. The first-order valence-electron chi connectivity index (χ1n) is 8.09. The zero-order valence-corrected chi connectivity index (χ0v) is 16.0. The van der Waals surface area contributed by atoms with Crippen LogP contribution in [0.3, 0.4) is 0 Å². The Hall–Kier alpha value is -2.81. The van der Waals surface area contributed by atoms with Gasteiger partial charge in [-0.3, -0.25) is 4.79 Å². The molecule has 3 aromatic rings. The van der Waals surface area contributed by atoms with E-state index in [0.29, 0.717) is 11.1 Å². The number of rotatable bonds is 5. The van der Waals surface area contributed by atoms with E-state index in [2.05, 4.69) is 20.6 Å². The average molecular weight is 371 g/mol. The van der Waals surface area contributed by atoms with E-state index in [9.17, 15) is 4.79 Å². The summed E-state index contributed by atoms with van der Waals surface area (Å²) in [6, 6.07) is 7.87. The standard InChI is InChI=1S/C17H21N7OS/c1-10-5-6-11(2)14(7-10)19-15(25)9-26-17-21-20-16(23(17)18)24-13(4)8-12(3)22-24/h5-8H,9,18H2,1-4H3,(H,19,25). The van der Waals surface area contributed by atoms with Crippen LogP contribution >= 0.6 is 11.8 Å². The predicted molar refractivity (Wildman–Crippen MR) is 102 cm³/mol. The van der Waals surface area contributed by atoms with E-state index in [1.54, 1.807) is 4.68 Å². The normalized spacial score (nSPS) is 10.9. The van der Waals surface area contributed by atoms with Gasteiger partial charge < -0.3 is 11.2 Å². The number of thioether (sulfide) groups is 1. The summed E-state index contributed by atoms with van der Waals surface area (Å²) < 4.78 is 2.97. The van der Waals surface area contributed by atoms with E-state index >= 15 is 0 Å². The van der Waals surface area contributed by atoms with Crippen molar-refractivity contribution in [3.05, 3.63) is 46.8 Å². The fourth-order valence-corrected chi connectivity index (χ4v) is 3.18. The van der Waals surface area contributed by atoms with Gasteiger partial charge in [0.05, 0.1) is 11.4 Å². The van der Waals surface area contributed by atoms with E-state index < -0.39 is 0 Å². The molecule has 0 aliphatic rings. The number of carbonyl (C=O) groups excluding carboxylic acids is 1. The summed E-state index contributed by atoms with van der Waals surface area (Å²) in [6.07, 6.45) is 0. The topological polar surface area (TPSA) is 104 Å². The number of nitrogens with two attached hydrogens (primary N) is 1. The summed E-state index contributed by atoms with van der Waals surface area (Å²) in [6.45, 7) is 7.76. The third-order valence-electron chi connectivity index (χ3n) is 3.85. The molecule has 0 aliphatic carbocycles. The lowest BCUT2D eigenvalue weighted by atomic mass is 10.1. The van der Waals surface area contributed by atoms with Gasteiger partial charge in [0.1, 0.15) is 0 Å². The summed E-state index contributed by atoms with van der Waals surface area (Å²) in [5, 5.41) is 15.9. The quantitative estimate of drug-likeness (QED) is 0.526. The van der Waals surface area contributed by atoms with Gasteiger partial charge in [-0.1, -0.05) is 23.9 Å². The van der Waals surface area contributed by atoms with E-state index in [4.69, 9.17) is 5.84 Å². The maximum Gasteiger partial charge on any atom is 0.271 e. The molecule has 0 bridgehead atoms. The van der Waals surface area contributed by atoms with Crippen molar-refractivity contribution in [1.29, 1.82) is 0 Å². The minimum Gasteiger partial charge on any atom is -0.334 e. The SMILES string of the molecule is Cc1ccc(C)c(NC(=O)CSc2nnc(-n3nc(C)cc3C)n2N)c1. The molecule has 3 N–H and O–H groups in total. The third-order valence-corrected chi connectivity index (χ3v) is 4.79. The van der Waals surface area contributed by atoms with Crippen LogP contribution in [0, 0.1) is 27.7 Å². The highest BCUT2D eigenvalue weighted by molar-refractivity contribution is 7.99. The smallest absolute Gasteiger partial charge is 0.271 e. The zero-order valence-electron chi connectivity index (χ0n) is 15.1. The van der Waals surface area contributed by atoms with Gasteiger partial charge in [-0.25, -0.2) is 9.36 Å². The van der Waals surface area contributed by atoms with Crippen molar-refractivity contribution >= 4 is 23.4 Å². The Kier molecular flexibility index (Phi) is 4.99. The molecule has 0 spiro atoms. The highest BCUT2D eigenvalue weighted by Gasteiger charge is 2.16. The number of anilines is 1. The Bertz CT molecular complexity index is 960. The lowest BCUT2D eigenvalue weighted by molar-refractivity contribution is -0.113. The Labute approximate surface area is 155 Å². The number of nitrogens with zero attached hydrogens (tertiary/aromatic N) is 5. The summed E-state index contributed by atoms with van der Waals surface area (Å²) in [5.41, 5.74) is 4.70. The van der Waals surface area contributed by atoms with Gasteiger partial charge in [0.2, 0.25) is 11.1 Å². The molecule has 0 saturated carbocycles. The second kappa shape index (κ2) is 7.20. The second-order valence-corrected chi connectivity index (χ2v) is 7.09. The molecule has 1 amide bonds. The minimum absolute atomic E-state index is 0.126. The number of aryl methyl sites for hydroxylation is 4. The molecule has 2 heterocycles. The number of aromatic nitrogens is 5. The van der Waals surface area contributed by atoms with E-state index in [1.807, 2.05) is 52.0 Å². The molecule has 136 valence electrons. The first-order valence-corrected chi connectivity index (χ1v) is 9.07. The molecule has 0 radical (unpaired) electrons. The van der Waals surface area contributed by atoms with Gasteiger partial charge in [-0.2, -0.15) is 5.10 Å². The molecule has 0 saturated heterocycles. The molecule has 2 aromatic heterocycles. The van der Waals surface area contributed by atoms with Crippen LogP contribution in [0.5, 0.6) is 0 Å². The van der Waals surface area contributed by atoms with Crippen LogP contribution in [0.2, 0.25) is 0 Å². The molecular weight excluding hydrogens is 350 g/mol. The summed E-state index contributed by atoms with van der Waals surface area (Å²) in [7, 11) is 0. The lowest BCUT2D eigenvalue weighted by Gasteiger charge is -2.09. The summed E-state index contributed by atoms with van der Waals surface area (Å²) in [5.74, 6) is 6.54. The fourth-order valence-electron chi connectivity index (χ4n) is 2.53. The maximum absolute atomic E-state index is 12.2. The monoisotopic (exact) mass is 371 g/mol. The van der Waals surface area contributed by atoms with Crippen LogP contribution in [-0.2, 0) is 4.79 Å². The number of hydrogen-bond acceptors (Lipinski definition) is 6. The molecule has 26 heavy (non-hydrogen) atoms. The van der Waals surface area contributed by atoms with E-state index in [0.717, 1.165) is 28.2 Å². The van der Waals surface area contributed by atoms with Gasteiger partial charge in [-0.05, 0) is 51.0 Å². The molecule has 1 aromatic carbocycles. The lowest BCUT2D eigenvalue weighted by Crippen LogP contribution is -2.19. The zero-order chi connectivity index (χ0) is 18.8. The largest absolute Gasteiger partial charge is 0.334 e. The Balaban J connectivity index is 1.68. The number of benzene rings is 1. The van der Waals surface area contributed by atoms with Crippen molar-refractivity contribution in [1.82, 2.24) is 24.7 Å². The van der Waals surface area contributed by atoms with Crippen molar-refractivity contribution in [2.75, 3.05) is 16.9 Å². The summed E-state index contributed by atoms with van der Waals surface area (Å²) >= 11 is 1.22. The molecule has 9 heteroatoms. The maximum atomic E-state index is 12.2. The molecular formula is C17H21N7OS. The number of amides is 1. The van der Waals surface area contributed by atoms with Gasteiger partial charge in [0.15, 0.2) is 0 Å². The van der Waals surface area contributed by atoms with Crippen LogP contribution in [-0.4, -0.2) is 36.3 Å². The third kappa shape index (κ3) is 3.72. The molecule has 0 fully saturated rings. The van der Waals surface area contributed by atoms with Crippen LogP contribution in [0.1, 0.15) is 22.5 Å². The fraction of sp³-hybridized carbons (Fsp3) is 0.294. The first-order chi connectivity index (χ1) is 12.3. The van der Waals surface area contributed by atoms with E-state index in [1.165, 1.54) is 16.4 Å². The Morgan fingerprint density at radius 3 is 2.65 bits per heavy atom. The highest BCUT2D eigenvalue weighted by Crippen LogP contribution is 2.20. The number of hydrogen-bond donors (Lipinski definition) is 2. The van der Waals surface area contributed by atoms with Crippen LogP contribution < -0.4 is 11.2 Å². The van der Waals surface area contributed by atoms with Crippen LogP contribution in [0.25, 0.3) is 5.95 Å². The molecule has 3 rings (SSSR count). The van der Waals surface area contributed by atoms with Crippen molar-refractivity contribution < 1.29 is 4.79 Å². The number of nitrogen functional groups attached to an aromatic ring is 1. The average Bonchev–Trinajstić information content (AvgIpc) is 3.10. The molecule has 0 unspecified atom stereocenters. The van der Waals surface area contributed by atoms with E-state index in [-0.39, 0.29) is 11.7 Å².